The fourth-order valence-electron chi connectivity index (χ4n) is 4.56. The fourth-order valence-corrected chi connectivity index (χ4v) is 4.56. The van der Waals surface area contributed by atoms with Gasteiger partial charge in [-0.2, -0.15) is 10.2 Å². The third kappa shape index (κ3) is 3.31. The SMILES string of the molecule is Cc1nn(C(C)Cc2cc(F)cc3c2c(C(C)C)nn3C2COC2)c2ccc(F)cc12. The Bertz CT molecular complexity index is 1290. The van der Waals surface area contributed by atoms with Crippen LogP contribution in [0.1, 0.15) is 55.7 Å². The number of halogens is 2. The van der Waals surface area contributed by atoms with Crippen molar-refractivity contribution < 1.29 is 13.5 Å². The van der Waals surface area contributed by atoms with E-state index in [1.165, 1.54) is 12.1 Å². The lowest BCUT2D eigenvalue weighted by Crippen LogP contribution is -2.31. The quantitative estimate of drug-likeness (QED) is 0.427. The van der Waals surface area contributed by atoms with Crippen molar-refractivity contribution in [3.8, 4) is 0 Å². The van der Waals surface area contributed by atoms with Gasteiger partial charge in [-0.25, -0.2) is 8.78 Å². The first-order valence-corrected chi connectivity index (χ1v) is 10.8. The molecule has 1 aliphatic heterocycles. The molecule has 1 aliphatic rings. The largest absolute Gasteiger partial charge is 0.377 e. The average Bonchev–Trinajstić information content (AvgIpc) is 3.19. The van der Waals surface area contributed by atoms with Crippen LogP contribution in [0.3, 0.4) is 0 Å². The Hall–Kier alpha value is -2.80. The van der Waals surface area contributed by atoms with Gasteiger partial charge in [0.25, 0.3) is 0 Å². The minimum atomic E-state index is -0.274. The van der Waals surface area contributed by atoms with Crippen molar-refractivity contribution in [1.82, 2.24) is 19.6 Å². The molecule has 1 saturated heterocycles. The first-order valence-electron chi connectivity index (χ1n) is 10.8. The number of aromatic nitrogens is 4. The summed E-state index contributed by atoms with van der Waals surface area (Å²) < 4.78 is 37.6. The summed E-state index contributed by atoms with van der Waals surface area (Å²) in [6.45, 7) is 9.37. The highest BCUT2D eigenvalue weighted by molar-refractivity contribution is 5.86. The second-order valence-electron chi connectivity index (χ2n) is 8.88. The van der Waals surface area contributed by atoms with Gasteiger partial charge in [0.05, 0.1) is 47.7 Å². The second-order valence-corrected chi connectivity index (χ2v) is 8.88. The van der Waals surface area contributed by atoms with Crippen LogP contribution in [-0.2, 0) is 11.2 Å². The number of benzene rings is 2. The minimum Gasteiger partial charge on any atom is -0.377 e. The smallest absolute Gasteiger partial charge is 0.125 e. The molecular formula is C24H26F2N4O. The normalized spacial score (nSPS) is 15.8. The molecule has 0 N–H and O–H groups in total. The zero-order valence-corrected chi connectivity index (χ0v) is 18.2. The second kappa shape index (κ2) is 7.41. The van der Waals surface area contributed by atoms with E-state index < -0.39 is 0 Å². The molecule has 0 spiro atoms. The first-order chi connectivity index (χ1) is 14.8. The highest BCUT2D eigenvalue weighted by Gasteiger charge is 2.27. The van der Waals surface area contributed by atoms with Gasteiger partial charge in [0.2, 0.25) is 0 Å². The van der Waals surface area contributed by atoms with Crippen molar-refractivity contribution >= 4 is 21.8 Å². The van der Waals surface area contributed by atoms with Crippen molar-refractivity contribution in [2.24, 2.45) is 0 Å². The molecule has 3 heterocycles. The summed E-state index contributed by atoms with van der Waals surface area (Å²) >= 11 is 0. The number of hydrogen-bond donors (Lipinski definition) is 0. The molecule has 4 aromatic rings. The van der Waals surface area contributed by atoms with E-state index >= 15 is 0 Å². The zero-order valence-electron chi connectivity index (χ0n) is 18.2. The van der Waals surface area contributed by atoms with E-state index in [-0.39, 0.29) is 29.6 Å². The molecule has 1 atom stereocenters. The Labute approximate surface area is 179 Å². The number of nitrogens with zero attached hydrogens (tertiary/aromatic N) is 4. The molecule has 162 valence electrons. The van der Waals surface area contributed by atoms with Gasteiger partial charge in [-0.05, 0) is 62.1 Å². The van der Waals surface area contributed by atoms with Crippen molar-refractivity contribution in [2.75, 3.05) is 13.2 Å². The number of ether oxygens (including phenoxy) is 1. The molecule has 5 rings (SSSR count). The summed E-state index contributed by atoms with van der Waals surface area (Å²) in [5, 5.41) is 11.3. The maximum Gasteiger partial charge on any atom is 0.125 e. The fraction of sp³-hybridized carbons (Fsp3) is 0.417. The van der Waals surface area contributed by atoms with E-state index in [0.717, 1.165) is 38.8 Å². The van der Waals surface area contributed by atoms with E-state index in [2.05, 4.69) is 25.9 Å². The first kappa shape index (κ1) is 20.1. The Kier molecular flexibility index (Phi) is 4.81. The van der Waals surface area contributed by atoms with E-state index in [1.807, 2.05) is 16.3 Å². The molecule has 0 radical (unpaired) electrons. The maximum absolute atomic E-state index is 14.7. The van der Waals surface area contributed by atoms with Crippen molar-refractivity contribution in [3.63, 3.8) is 0 Å². The van der Waals surface area contributed by atoms with Crippen LogP contribution in [0.25, 0.3) is 21.8 Å². The van der Waals surface area contributed by atoms with Crippen molar-refractivity contribution in [1.29, 1.82) is 0 Å². The molecule has 7 heteroatoms. The Morgan fingerprint density at radius 2 is 1.81 bits per heavy atom. The molecule has 0 aliphatic carbocycles. The van der Waals surface area contributed by atoms with E-state index in [4.69, 9.17) is 9.84 Å². The monoisotopic (exact) mass is 424 g/mol. The third-order valence-corrected chi connectivity index (χ3v) is 6.18. The zero-order chi connectivity index (χ0) is 21.9. The Morgan fingerprint density at radius 3 is 2.48 bits per heavy atom. The molecule has 1 unspecified atom stereocenters. The summed E-state index contributed by atoms with van der Waals surface area (Å²) in [6.07, 6.45) is 0.592. The maximum atomic E-state index is 14.7. The van der Waals surface area contributed by atoms with Gasteiger partial charge in [-0.15, -0.1) is 0 Å². The highest BCUT2D eigenvalue weighted by Crippen LogP contribution is 2.34. The van der Waals surface area contributed by atoms with Gasteiger partial charge in [0, 0.05) is 10.8 Å². The van der Waals surface area contributed by atoms with E-state index in [9.17, 15) is 8.78 Å². The summed E-state index contributed by atoms with van der Waals surface area (Å²) in [5.74, 6) is -0.335. The van der Waals surface area contributed by atoms with Crippen LogP contribution in [0.4, 0.5) is 8.78 Å². The van der Waals surface area contributed by atoms with Crippen molar-refractivity contribution in [3.05, 3.63) is 58.9 Å². The van der Waals surface area contributed by atoms with E-state index in [1.54, 1.807) is 18.2 Å². The molecule has 1 fully saturated rings. The van der Waals surface area contributed by atoms with Crippen LogP contribution < -0.4 is 0 Å². The molecule has 2 aromatic heterocycles. The average molecular weight is 424 g/mol. The third-order valence-electron chi connectivity index (χ3n) is 6.18. The summed E-state index contributed by atoms with van der Waals surface area (Å²) in [4.78, 5) is 0. The van der Waals surface area contributed by atoms with Crippen LogP contribution in [0, 0.1) is 18.6 Å². The van der Waals surface area contributed by atoms with Crippen LogP contribution in [0.15, 0.2) is 30.3 Å². The molecular weight excluding hydrogens is 398 g/mol. The summed E-state index contributed by atoms with van der Waals surface area (Å²) in [5.41, 5.74) is 4.38. The van der Waals surface area contributed by atoms with Crippen LogP contribution >= 0.6 is 0 Å². The van der Waals surface area contributed by atoms with Crippen LogP contribution in [0.2, 0.25) is 0 Å². The predicted molar refractivity (Wildman–Crippen MR) is 116 cm³/mol. The molecule has 31 heavy (non-hydrogen) atoms. The molecule has 5 nitrogen and oxygen atoms in total. The number of rotatable bonds is 5. The number of fused-ring (bicyclic) bond motifs is 2. The number of aryl methyl sites for hydroxylation is 1. The van der Waals surface area contributed by atoms with Crippen molar-refractivity contribution in [2.45, 2.75) is 52.1 Å². The van der Waals surface area contributed by atoms with Crippen LogP contribution in [0.5, 0.6) is 0 Å². The van der Waals surface area contributed by atoms with Crippen LogP contribution in [-0.4, -0.2) is 32.8 Å². The topological polar surface area (TPSA) is 44.9 Å². The lowest BCUT2D eigenvalue weighted by molar-refractivity contribution is -0.0268. The standard InChI is InChI=1S/C24H26F2N4O/c1-13(2)24-23-16(8-18(26)10-22(23)30(28-24)19-11-31-12-19)7-14(3)29-21-6-5-17(25)9-20(21)15(4)27-29/h5-6,8-10,13-14,19H,7,11-12H2,1-4H3. The van der Waals surface area contributed by atoms with Gasteiger partial charge >= 0.3 is 0 Å². The molecule has 0 saturated carbocycles. The summed E-state index contributed by atoms with van der Waals surface area (Å²) in [6, 6.07) is 8.04. The predicted octanol–water partition coefficient (Wildman–Crippen LogP) is 5.47. The lowest BCUT2D eigenvalue weighted by Gasteiger charge is -2.27. The Balaban J connectivity index is 1.61. The summed E-state index contributed by atoms with van der Waals surface area (Å²) in [7, 11) is 0. The van der Waals surface area contributed by atoms with E-state index in [0.29, 0.717) is 19.6 Å². The Morgan fingerprint density at radius 1 is 1.03 bits per heavy atom. The van der Waals surface area contributed by atoms with Gasteiger partial charge < -0.3 is 4.74 Å². The van der Waals surface area contributed by atoms with Gasteiger partial charge in [-0.3, -0.25) is 9.36 Å². The molecule has 0 bridgehead atoms. The minimum absolute atomic E-state index is 0.0398. The lowest BCUT2D eigenvalue weighted by atomic mass is 9.97. The molecule has 0 amide bonds. The molecule has 2 aromatic carbocycles. The van der Waals surface area contributed by atoms with Gasteiger partial charge in [-0.1, -0.05) is 13.8 Å². The highest BCUT2D eigenvalue weighted by atomic mass is 19.1. The number of hydrogen-bond acceptors (Lipinski definition) is 3. The van der Waals surface area contributed by atoms with Gasteiger partial charge in [0.1, 0.15) is 11.6 Å². The van der Waals surface area contributed by atoms with Gasteiger partial charge in [0.15, 0.2) is 0 Å².